The molecule has 2 N–H and O–H groups in total. The maximum Gasteiger partial charge on any atom is 0.307 e. The normalized spacial score (nSPS) is 10.6. The summed E-state index contributed by atoms with van der Waals surface area (Å²) in [5, 5.41) is 9.24. The summed E-state index contributed by atoms with van der Waals surface area (Å²) in [7, 11) is 1.43. The number of carboxylic acids is 1. The van der Waals surface area contributed by atoms with Crippen LogP contribution in [0.25, 0.3) is 10.9 Å². The van der Waals surface area contributed by atoms with Gasteiger partial charge in [-0.15, -0.1) is 0 Å². The van der Waals surface area contributed by atoms with Crippen LogP contribution in [0.4, 0.5) is 4.39 Å². The summed E-state index contributed by atoms with van der Waals surface area (Å²) in [4.78, 5) is 13.3. The largest absolute Gasteiger partial charge is 0.497 e. The van der Waals surface area contributed by atoms with Crippen molar-refractivity contribution in [1.29, 1.82) is 0 Å². The average Bonchev–Trinajstić information content (AvgIpc) is 2.61. The van der Waals surface area contributed by atoms with E-state index in [-0.39, 0.29) is 6.42 Å². The van der Waals surface area contributed by atoms with Crippen LogP contribution < -0.4 is 4.74 Å². The monoisotopic (exact) mass is 223 g/mol. The summed E-state index contributed by atoms with van der Waals surface area (Å²) in [5.41, 5.74) is 0.845. The summed E-state index contributed by atoms with van der Waals surface area (Å²) < 4.78 is 18.5. The number of nitrogens with one attached hydrogen (secondary N) is 1. The van der Waals surface area contributed by atoms with E-state index in [9.17, 15) is 9.18 Å². The number of hydrogen-bond acceptors (Lipinski definition) is 2. The third kappa shape index (κ3) is 1.71. The van der Waals surface area contributed by atoms with E-state index in [2.05, 4.69) is 4.98 Å². The number of methoxy groups -OCH3 is 1. The molecular weight excluding hydrogens is 213 g/mol. The fraction of sp³-hybridized carbons (Fsp3) is 0.182. The van der Waals surface area contributed by atoms with Crippen LogP contribution in [0.15, 0.2) is 18.3 Å². The zero-order valence-electron chi connectivity index (χ0n) is 8.58. The van der Waals surface area contributed by atoms with Crippen LogP contribution in [0, 0.1) is 5.82 Å². The fourth-order valence-corrected chi connectivity index (χ4v) is 1.65. The molecule has 0 radical (unpaired) electrons. The average molecular weight is 223 g/mol. The van der Waals surface area contributed by atoms with Gasteiger partial charge in [-0.3, -0.25) is 4.79 Å². The highest BCUT2D eigenvalue weighted by molar-refractivity contribution is 5.88. The number of aromatic amines is 1. The van der Waals surface area contributed by atoms with Gasteiger partial charge in [-0.05, 0) is 11.6 Å². The number of benzene rings is 1. The maximum atomic E-state index is 13.5. The number of halogens is 1. The first-order chi connectivity index (χ1) is 7.61. The smallest absolute Gasteiger partial charge is 0.307 e. The molecule has 84 valence electrons. The van der Waals surface area contributed by atoms with Gasteiger partial charge in [-0.2, -0.15) is 0 Å². The van der Waals surface area contributed by atoms with Gasteiger partial charge in [0.25, 0.3) is 0 Å². The summed E-state index contributed by atoms with van der Waals surface area (Å²) in [6.07, 6.45) is 1.36. The van der Waals surface area contributed by atoms with Crippen LogP contribution in [0.5, 0.6) is 5.75 Å². The number of H-pyrrole nitrogens is 1. The molecule has 2 rings (SSSR count). The summed E-state index contributed by atoms with van der Waals surface area (Å²) in [6, 6.07) is 2.87. The van der Waals surface area contributed by atoms with Gasteiger partial charge in [0.15, 0.2) is 5.82 Å². The second-order valence-electron chi connectivity index (χ2n) is 3.42. The van der Waals surface area contributed by atoms with E-state index in [1.54, 1.807) is 6.07 Å². The van der Waals surface area contributed by atoms with E-state index < -0.39 is 11.8 Å². The van der Waals surface area contributed by atoms with Crippen LogP contribution >= 0.6 is 0 Å². The van der Waals surface area contributed by atoms with Gasteiger partial charge in [0.05, 0.1) is 19.0 Å². The Morgan fingerprint density at radius 1 is 1.56 bits per heavy atom. The lowest BCUT2D eigenvalue weighted by molar-refractivity contribution is -0.136. The Balaban J connectivity index is 2.60. The van der Waals surface area contributed by atoms with E-state index in [4.69, 9.17) is 9.84 Å². The molecule has 0 aliphatic rings. The molecule has 1 aromatic carbocycles. The van der Waals surface area contributed by atoms with Gasteiger partial charge < -0.3 is 14.8 Å². The van der Waals surface area contributed by atoms with E-state index >= 15 is 0 Å². The number of carboxylic acid groups (broad SMARTS) is 1. The number of carbonyl (C=O) groups is 1. The van der Waals surface area contributed by atoms with Crippen molar-refractivity contribution in [2.75, 3.05) is 7.11 Å². The highest BCUT2D eigenvalue weighted by Gasteiger charge is 2.12. The highest BCUT2D eigenvalue weighted by atomic mass is 19.1. The lowest BCUT2D eigenvalue weighted by Crippen LogP contribution is -1.99. The highest BCUT2D eigenvalue weighted by Crippen LogP contribution is 2.26. The molecule has 4 nitrogen and oxygen atoms in total. The van der Waals surface area contributed by atoms with Gasteiger partial charge in [-0.25, -0.2) is 4.39 Å². The first kappa shape index (κ1) is 10.5. The predicted octanol–water partition coefficient (Wildman–Crippen LogP) is 1.94. The minimum atomic E-state index is -0.955. The molecular formula is C11H10FNO3. The summed E-state index contributed by atoms with van der Waals surface area (Å²) >= 11 is 0. The standard InChI is InChI=1S/C11H10FNO3/c1-16-7-3-8-6(2-10(14)15)5-13-11(8)9(12)4-7/h3-5,13H,2H2,1H3,(H,14,15). The zero-order chi connectivity index (χ0) is 11.7. The van der Waals surface area contributed by atoms with Crippen LogP contribution in [-0.4, -0.2) is 23.2 Å². The van der Waals surface area contributed by atoms with Gasteiger partial charge in [0, 0.05) is 17.6 Å². The quantitative estimate of drug-likeness (QED) is 0.835. The second-order valence-corrected chi connectivity index (χ2v) is 3.42. The molecule has 0 saturated heterocycles. The Bertz CT molecular complexity index is 547. The molecule has 0 aliphatic heterocycles. The zero-order valence-corrected chi connectivity index (χ0v) is 8.58. The van der Waals surface area contributed by atoms with Crippen molar-refractivity contribution in [3.8, 4) is 5.75 Å². The minimum absolute atomic E-state index is 0.146. The van der Waals surface area contributed by atoms with Crippen molar-refractivity contribution in [1.82, 2.24) is 4.98 Å². The molecule has 16 heavy (non-hydrogen) atoms. The Morgan fingerprint density at radius 3 is 2.94 bits per heavy atom. The Labute approximate surface area is 90.7 Å². The summed E-state index contributed by atoms with van der Waals surface area (Å²) in [5.74, 6) is -1.04. The minimum Gasteiger partial charge on any atom is -0.497 e. The van der Waals surface area contributed by atoms with Gasteiger partial charge in [0.1, 0.15) is 5.75 Å². The SMILES string of the molecule is COc1cc(F)c2[nH]cc(CC(=O)O)c2c1. The van der Waals surface area contributed by atoms with Crippen molar-refractivity contribution in [3.63, 3.8) is 0 Å². The van der Waals surface area contributed by atoms with Gasteiger partial charge in [0.2, 0.25) is 0 Å². The van der Waals surface area contributed by atoms with Crippen molar-refractivity contribution < 1.29 is 19.0 Å². The molecule has 1 heterocycles. The molecule has 0 aliphatic carbocycles. The maximum absolute atomic E-state index is 13.5. The molecule has 0 amide bonds. The van der Waals surface area contributed by atoms with E-state index in [0.717, 1.165) is 0 Å². The molecule has 0 unspecified atom stereocenters. The predicted molar refractivity (Wildman–Crippen MR) is 56.1 cm³/mol. The van der Waals surface area contributed by atoms with Gasteiger partial charge >= 0.3 is 5.97 Å². The molecule has 2 aromatic rings. The van der Waals surface area contributed by atoms with E-state index in [1.165, 1.54) is 19.4 Å². The van der Waals surface area contributed by atoms with Crippen molar-refractivity contribution in [3.05, 3.63) is 29.7 Å². The third-order valence-corrected chi connectivity index (χ3v) is 2.38. The molecule has 0 spiro atoms. The number of aliphatic carboxylic acids is 1. The second kappa shape index (κ2) is 3.84. The lowest BCUT2D eigenvalue weighted by Gasteiger charge is -2.01. The van der Waals surface area contributed by atoms with Crippen molar-refractivity contribution in [2.45, 2.75) is 6.42 Å². The molecule has 0 saturated carbocycles. The van der Waals surface area contributed by atoms with E-state index in [0.29, 0.717) is 22.2 Å². The molecule has 5 heteroatoms. The molecule has 1 aromatic heterocycles. The number of hydrogen-bond donors (Lipinski definition) is 2. The van der Waals surface area contributed by atoms with Gasteiger partial charge in [-0.1, -0.05) is 0 Å². The Hall–Kier alpha value is -2.04. The van der Waals surface area contributed by atoms with Crippen LogP contribution in [0.1, 0.15) is 5.56 Å². The van der Waals surface area contributed by atoms with Crippen LogP contribution in [-0.2, 0) is 11.2 Å². The molecule has 0 fully saturated rings. The van der Waals surface area contributed by atoms with Crippen molar-refractivity contribution >= 4 is 16.9 Å². The topological polar surface area (TPSA) is 62.3 Å². The fourth-order valence-electron chi connectivity index (χ4n) is 1.65. The van der Waals surface area contributed by atoms with Crippen LogP contribution in [0.3, 0.4) is 0 Å². The number of fused-ring (bicyclic) bond motifs is 1. The van der Waals surface area contributed by atoms with Crippen LogP contribution in [0.2, 0.25) is 0 Å². The van der Waals surface area contributed by atoms with Crippen molar-refractivity contribution in [2.24, 2.45) is 0 Å². The summed E-state index contributed by atoms with van der Waals surface area (Å²) in [6.45, 7) is 0. The lowest BCUT2D eigenvalue weighted by atomic mass is 10.1. The molecule has 0 bridgehead atoms. The van der Waals surface area contributed by atoms with E-state index in [1.807, 2.05) is 0 Å². The molecule has 0 atom stereocenters. The third-order valence-electron chi connectivity index (χ3n) is 2.38. The number of aromatic nitrogens is 1. The Kier molecular flexibility index (Phi) is 2.52. The number of rotatable bonds is 3. The first-order valence-corrected chi connectivity index (χ1v) is 4.67. The Morgan fingerprint density at radius 2 is 2.31 bits per heavy atom. The first-order valence-electron chi connectivity index (χ1n) is 4.67. The number of ether oxygens (including phenoxy) is 1.